The monoisotopic (exact) mass is 413 g/mol. The second-order valence-corrected chi connectivity index (χ2v) is 9.68. The predicted molar refractivity (Wildman–Crippen MR) is 132 cm³/mol. The van der Waals surface area contributed by atoms with Gasteiger partial charge in [-0.1, -0.05) is 54.6 Å². The molecule has 0 unspecified atom stereocenters. The van der Waals surface area contributed by atoms with Crippen molar-refractivity contribution in [2.24, 2.45) is 0 Å². The Balaban J connectivity index is 1.66. The Morgan fingerprint density at radius 3 is 2.55 bits per heavy atom. The number of fused-ring (bicyclic) bond motifs is 9. The van der Waals surface area contributed by atoms with Crippen molar-refractivity contribution >= 4 is 65.6 Å². The van der Waals surface area contributed by atoms with Crippen LogP contribution in [-0.2, 0) is 0 Å². The van der Waals surface area contributed by atoms with Gasteiger partial charge in [0.05, 0.1) is 15.7 Å². The number of para-hydroxylation sites is 2. The fourth-order valence-corrected chi connectivity index (χ4v) is 6.94. The molecule has 2 aromatic heterocycles. The summed E-state index contributed by atoms with van der Waals surface area (Å²) in [4.78, 5) is 0. The normalized spacial score (nSPS) is 13.5. The largest absolute Gasteiger partial charge is 0.458 e. The van der Waals surface area contributed by atoms with E-state index in [1.807, 2.05) is 11.3 Å². The summed E-state index contributed by atoms with van der Waals surface area (Å²) >= 11 is 1.90. The van der Waals surface area contributed by atoms with Gasteiger partial charge in [-0.15, -0.1) is 11.3 Å². The van der Waals surface area contributed by atoms with Crippen molar-refractivity contribution in [3.63, 3.8) is 0 Å². The molecule has 0 atom stereocenters. The molecule has 0 amide bonds. The van der Waals surface area contributed by atoms with Crippen LogP contribution in [0.2, 0.25) is 0 Å². The quantitative estimate of drug-likeness (QED) is 0.310. The average molecular weight is 413 g/mol. The Morgan fingerprint density at radius 2 is 1.58 bits per heavy atom. The standard InChI is InChI=1S/C27H16BNOS/c1-15-13-20-24-22(14-15)30-21-11-4-3-9-18(21)28(24)19-10-6-8-17-25(19)29(20)26-16-7-2-5-12-23(16)31-27(17)26/h2-14H,1H3. The third kappa shape index (κ3) is 1.86. The van der Waals surface area contributed by atoms with Gasteiger partial charge in [-0.2, -0.15) is 0 Å². The highest BCUT2D eigenvalue weighted by Gasteiger charge is 2.40. The first-order valence-electron chi connectivity index (χ1n) is 10.7. The first-order valence-corrected chi connectivity index (χ1v) is 11.5. The highest BCUT2D eigenvalue weighted by Crippen LogP contribution is 2.44. The van der Waals surface area contributed by atoms with E-state index in [1.54, 1.807) is 0 Å². The van der Waals surface area contributed by atoms with E-state index in [9.17, 15) is 0 Å². The van der Waals surface area contributed by atoms with Crippen LogP contribution in [-0.4, -0.2) is 11.3 Å². The first kappa shape index (κ1) is 16.2. The van der Waals surface area contributed by atoms with Crippen LogP contribution in [0.5, 0.6) is 11.5 Å². The molecule has 2 nitrogen and oxygen atoms in total. The number of nitrogens with zero attached hydrogens (tertiary/aromatic N) is 1. The number of aromatic nitrogens is 1. The lowest BCUT2D eigenvalue weighted by molar-refractivity contribution is 0.487. The van der Waals surface area contributed by atoms with Crippen LogP contribution in [0.3, 0.4) is 0 Å². The van der Waals surface area contributed by atoms with E-state index in [-0.39, 0.29) is 6.71 Å². The maximum Gasteiger partial charge on any atom is 0.256 e. The summed E-state index contributed by atoms with van der Waals surface area (Å²) in [5.41, 5.74) is 9.08. The summed E-state index contributed by atoms with van der Waals surface area (Å²) in [6.07, 6.45) is 0. The van der Waals surface area contributed by atoms with Crippen molar-refractivity contribution in [2.75, 3.05) is 0 Å². The Labute approximate surface area is 183 Å². The van der Waals surface area contributed by atoms with Crippen molar-refractivity contribution in [2.45, 2.75) is 6.92 Å². The molecule has 0 saturated heterocycles. The van der Waals surface area contributed by atoms with Crippen molar-refractivity contribution < 1.29 is 4.74 Å². The van der Waals surface area contributed by atoms with Crippen LogP contribution in [0.4, 0.5) is 0 Å². The number of hydrogen-bond acceptors (Lipinski definition) is 2. The predicted octanol–water partition coefficient (Wildman–Crippen LogP) is 5.24. The third-order valence-corrected chi connectivity index (χ3v) is 8.08. The Hall–Kier alpha value is -3.50. The highest BCUT2D eigenvalue weighted by atomic mass is 32.1. The van der Waals surface area contributed by atoms with Gasteiger partial charge in [0.1, 0.15) is 11.5 Å². The Morgan fingerprint density at radius 1 is 0.774 bits per heavy atom. The van der Waals surface area contributed by atoms with E-state index < -0.39 is 0 Å². The maximum atomic E-state index is 6.46. The first-order chi connectivity index (χ1) is 15.3. The summed E-state index contributed by atoms with van der Waals surface area (Å²) in [6, 6.07) is 28.7. The van der Waals surface area contributed by atoms with Gasteiger partial charge in [-0.25, -0.2) is 0 Å². The molecule has 31 heavy (non-hydrogen) atoms. The SMILES string of the molecule is Cc1cc2c3c(c1)-n1c4c(cccc4c4sc5ccccc5c41)B3c1ccccc1O2. The molecule has 2 aliphatic heterocycles. The van der Waals surface area contributed by atoms with Gasteiger partial charge in [0.15, 0.2) is 0 Å². The fourth-order valence-electron chi connectivity index (χ4n) is 5.73. The molecule has 0 radical (unpaired) electrons. The van der Waals surface area contributed by atoms with Crippen LogP contribution in [0.25, 0.3) is 36.9 Å². The van der Waals surface area contributed by atoms with Gasteiger partial charge in [0.25, 0.3) is 6.71 Å². The molecule has 0 N–H and O–H groups in total. The number of thiophene rings is 1. The van der Waals surface area contributed by atoms with Gasteiger partial charge < -0.3 is 9.30 Å². The molecule has 0 aliphatic carbocycles. The maximum absolute atomic E-state index is 6.46. The number of hydrogen-bond donors (Lipinski definition) is 0. The van der Waals surface area contributed by atoms with Gasteiger partial charge >= 0.3 is 0 Å². The summed E-state index contributed by atoms with van der Waals surface area (Å²) in [5.74, 6) is 1.96. The van der Waals surface area contributed by atoms with E-state index in [0.717, 1.165) is 11.5 Å². The minimum Gasteiger partial charge on any atom is -0.458 e. The number of rotatable bonds is 0. The third-order valence-electron chi connectivity index (χ3n) is 6.88. The molecule has 0 spiro atoms. The van der Waals surface area contributed by atoms with Crippen LogP contribution >= 0.6 is 11.3 Å². The van der Waals surface area contributed by atoms with Crippen LogP contribution in [0.15, 0.2) is 78.9 Å². The van der Waals surface area contributed by atoms with E-state index >= 15 is 0 Å². The Bertz CT molecular complexity index is 1740. The molecule has 4 heteroatoms. The molecule has 144 valence electrons. The minimum atomic E-state index is 0.196. The van der Waals surface area contributed by atoms with Gasteiger partial charge in [0, 0.05) is 21.2 Å². The molecule has 0 fully saturated rings. The van der Waals surface area contributed by atoms with Gasteiger partial charge in [-0.05, 0) is 53.1 Å². The van der Waals surface area contributed by atoms with Crippen LogP contribution in [0.1, 0.15) is 5.56 Å². The summed E-state index contributed by atoms with van der Waals surface area (Å²) < 4.78 is 11.7. The molecule has 0 bridgehead atoms. The summed E-state index contributed by atoms with van der Waals surface area (Å²) in [5, 5.41) is 2.68. The number of benzene rings is 4. The van der Waals surface area contributed by atoms with E-state index in [0.29, 0.717) is 0 Å². The van der Waals surface area contributed by atoms with Crippen molar-refractivity contribution in [1.82, 2.24) is 4.57 Å². The lowest BCUT2D eigenvalue weighted by Crippen LogP contribution is -2.58. The molecule has 2 aliphatic rings. The molecule has 4 heterocycles. The molecule has 4 aromatic carbocycles. The van der Waals surface area contributed by atoms with E-state index in [1.165, 1.54) is 58.8 Å². The molecular weight excluding hydrogens is 397 g/mol. The van der Waals surface area contributed by atoms with Gasteiger partial charge in [0.2, 0.25) is 0 Å². The van der Waals surface area contributed by atoms with E-state index in [4.69, 9.17) is 4.74 Å². The van der Waals surface area contributed by atoms with Crippen LogP contribution in [0, 0.1) is 6.92 Å². The van der Waals surface area contributed by atoms with Gasteiger partial charge in [-0.3, -0.25) is 0 Å². The summed E-state index contributed by atoms with van der Waals surface area (Å²) in [7, 11) is 0. The number of aryl methyl sites for hydroxylation is 1. The van der Waals surface area contributed by atoms with Crippen molar-refractivity contribution in [3.05, 3.63) is 84.4 Å². The molecule has 0 saturated carbocycles. The lowest BCUT2D eigenvalue weighted by atomic mass is 9.34. The zero-order valence-corrected chi connectivity index (χ0v) is 17.7. The molecule has 6 aromatic rings. The Kier molecular flexibility index (Phi) is 2.83. The minimum absolute atomic E-state index is 0.196. The summed E-state index contributed by atoms with van der Waals surface area (Å²) in [6.45, 7) is 2.36. The van der Waals surface area contributed by atoms with Crippen molar-refractivity contribution in [3.8, 4) is 17.2 Å². The second-order valence-electron chi connectivity index (χ2n) is 8.62. The topological polar surface area (TPSA) is 14.2 Å². The highest BCUT2D eigenvalue weighted by molar-refractivity contribution is 7.26. The second kappa shape index (κ2) is 5.40. The van der Waals surface area contributed by atoms with Crippen molar-refractivity contribution in [1.29, 1.82) is 0 Å². The smallest absolute Gasteiger partial charge is 0.256 e. The van der Waals surface area contributed by atoms with E-state index in [2.05, 4.69) is 90.4 Å². The lowest BCUT2D eigenvalue weighted by Gasteiger charge is -2.33. The molecular formula is C27H16BNOS. The number of ether oxygens (including phenoxy) is 1. The zero-order chi connectivity index (χ0) is 20.3. The molecule has 8 rings (SSSR count). The fraction of sp³-hybridized carbons (Fsp3) is 0.0370. The zero-order valence-electron chi connectivity index (χ0n) is 16.8. The van der Waals surface area contributed by atoms with Crippen LogP contribution < -0.4 is 21.1 Å². The average Bonchev–Trinajstić information content (AvgIpc) is 3.32.